The fraction of sp³-hybridized carbons (Fsp3) is 0.667. The highest BCUT2D eigenvalue weighted by Gasteiger charge is 2.19. The molecule has 0 spiro atoms. The predicted octanol–water partition coefficient (Wildman–Crippen LogP) is 4.79. The van der Waals surface area contributed by atoms with Crippen molar-refractivity contribution in [1.82, 2.24) is 0 Å². The third kappa shape index (κ3) is 4.65. The van der Waals surface area contributed by atoms with E-state index in [0.717, 1.165) is 18.8 Å². The van der Waals surface area contributed by atoms with Crippen molar-refractivity contribution in [1.29, 1.82) is 0 Å². The van der Waals surface area contributed by atoms with Gasteiger partial charge >= 0.3 is 0 Å². The lowest BCUT2D eigenvalue weighted by Gasteiger charge is -2.26. The van der Waals surface area contributed by atoms with Crippen molar-refractivity contribution < 1.29 is 5.11 Å². The Morgan fingerprint density at radius 2 is 1.95 bits per heavy atom. The summed E-state index contributed by atoms with van der Waals surface area (Å²) in [6.45, 7) is 2.56. The summed E-state index contributed by atoms with van der Waals surface area (Å²) in [4.78, 5) is 0. The van der Waals surface area contributed by atoms with Gasteiger partial charge in [-0.2, -0.15) is 0 Å². The minimum absolute atomic E-state index is 0.383. The summed E-state index contributed by atoms with van der Waals surface area (Å²) in [5.74, 6) is 1.31. The molecule has 1 N–H and O–H groups in total. The summed E-state index contributed by atoms with van der Waals surface area (Å²) in [6, 6.07) is 0. The van der Waals surface area contributed by atoms with Crippen LogP contribution in [0.25, 0.3) is 0 Å². The lowest BCUT2D eigenvalue weighted by Crippen LogP contribution is -2.14. The van der Waals surface area contributed by atoms with E-state index in [-0.39, 0.29) is 0 Å². The van der Waals surface area contributed by atoms with Crippen molar-refractivity contribution in [3.05, 3.63) is 35.5 Å². The Balaban J connectivity index is 1.99. The molecule has 0 aromatic heterocycles. The van der Waals surface area contributed by atoms with E-state index in [4.69, 9.17) is 0 Å². The molecule has 0 radical (unpaired) electrons. The number of aliphatic hydroxyl groups excluding tert-OH is 1. The summed E-state index contributed by atoms with van der Waals surface area (Å²) in [7, 11) is 0. The number of hydrogen-bond acceptors (Lipinski definition) is 1. The van der Waals surface area contributed by atoms with E-state index in [2.05, 4.69) is 31.2 Å². The van der Waals surface area contributed by atoms with Crippen LogP contribution in [0.4, 0.5) is 0 Å². The summed E-state index contributed by atoms with van der Waals surface area (Å²) in [5.41, 5.74) is 3.02. The molecule has 2 aliphatic rings. The quantitative estimate of drug-likeness (QED) is 0.708. The van der Waals surface area contributed by atoms with Crippen molar-refractivity contribution in [3.8, 4) is 0 Å². The van der Waals surface area contributed by atoms with Gasteiger partial charge in [0.2, 0.25) is 0 Å². The number of hydrogen-bond donors (Lipinski definition) is 1. The molecule has 19 heavy (non-hydrogen) atoms. The molecule has 1 saturated carbocycles. The van der Waals surface area contributed by atoms with E-state index in [0.29, 0.717) is 12.5 Å². The second-order valence-electron chi connectivity index (χ2n) is 6.18. The van der Waals surface area contributed by atoms with Crippen LogP contribution in [0.2, 0.25) is 0 Å². The van der Waals surface area contributed by atoms with Gasteiger partial charge in [-0.25, -0.2) is 0 Å². The fourth-order valence-corrected chi connectivity index (χ4v) is 3.36. The van der Waals surface area contributed by atoms with Gasteiger partial charge in [0, 0.05) is 6.61 Å². The van der Waals surface area contributed by atoms with E-state index in [1.54, 1.807) is 5.57 Å². The Hall–Kier alpha value is -0.820. The van der Waals surface area contributed by atoms with Crippen molar-refractivity contribution in [2.75, 3.05) is 6.61 Å². The zero-order valence-corrected chi connectivity index (χ0v) is 12.3. The third-order valence-corrected chi connectivity index (χ3v) is 4.68. The van der Waals surface area contributed by atoms with E-state index in [1.165, 1.54) is 44.1 Å². The SMILES string of the molecule is C/C1=C/C/C=C(/C2CCCCC(CO)CC2)CC=C1. The van der Waals surface area contributed by atoms with Crippen LogP contribution in [0.5, 0.6) is 0 Å². The number of allylic oxidation sites excluding steroid dienone is 6. The number of aliphatic hydroxyl groups is 1. The van der Waals surface area contributed by atoms with Crippen molar-refractivity contribution in [2.24, 2.45) is 11.8 Å². The Morgan fingerprint density at radius 3 is 2.79 bits per heavy atom. The van der Waals surface area contributed by atoms with Gasteiger partial charge in [0.15, 0.2) is 0 Å². The third-order valence-electron chi connectivity index (χ3n) is 4.68. The molecule has 0 heterocycles. The zero-order chi connectivity index (χ0) is 13.5. The smallest absolute Gasteiger partial charge is 0.0459 e. The van der Waals surface area contributed by atoms with Gasteiger partial charge in [0.1, 0.15) is 0 Å². The molecule has 0 bridgehead atoms. The molecule has 2 atom stereocenters. The summed E-state index contributed by atoms with van der Waals surface area (Å²) in [6.07, 6.45) is 19.2. The maximum absolute atomic E-state index is 9.38. The largest absolute Gasteiger partial charge is 0.396 e. The van der Waals surface area contributed by atoms with Crippen LogP contribution in [0.1, 0.15) is 58.3 Å². The molecule has 106 valence electrons. The molecule has 0 amide bonds. The highest BCUT2D eigenvalue weighted by Crippen LogP contribution is 2.32. The summed E-state index contributed by atoms with van der Waals surface area (Å²) >= 11 is 0. The first kappa shape index (κ1) is 14.6. The van der Waals surface area contributed by atoms with Gasteiger partial charge in [0.25, 0.3) is 0 Å². The standard InChI is InChI=1S/C18H28O/c1-15-6-4-10-17(11-5-7-15)18-9-3-2-8-16(14-19)12-13-18/h4,6-7,11,16,18-19H,2-3,5,8-10,12-14H2,1H3/b6-4?,15-7-,17-11+. The van der Waals surface area contributed by atoms with Gasteiger partial charge in [-0.15, -0.1) is 0 Å². The minimum Gasteiger partial charge on any atom is -0.396 e. The molecule has 0 saturated heterocycles. The average Bonchev–Trinajstić information content (AvgIpc) is 2.35. The molecule has 0 aliphatic heterocycles. The van der Waals surface area contributed by atoms with Gasteiger partial charge in [-0.1, -0.05) is 48.3 Å². The van der Waals surface area contributed by atoms with Crippen LogP contribution in [0.15, 0.2) is 35.5 Å². The van der Waals surface area contributed by atoms with E-state index in [9.17, 15) is 5.11 Å². The highest BCUT2D eigenvalue weighted by atomic mass is 16.3. The van der Waals surface area contributed by atoms with Gasteiger partial charge in [-0.3, -0.25) is 0 Å². The predicted molar refractivity (Wildman–Crippen MR) is 82.0 cm³/mol. The van der Waals surface area contributed by atoms with Crippen molar-refractivity contribution >= 4 is 0 Å². The molecule has 1 heteroatoms. The molecule has 2 rings (SSSR count). The first-order valence-corrected chi connectivity index (χ1v) is 7.92. The monoisotopic (exact) mass is 260 g/mol. The van der Waals surface area contributed by atoms with E-state index >= 15 is 0 Å². The topological polar surface area (TPSA) is 20.2 Å². The Kier molecular flexibility index (Phi) is 5.91. The lowest BCUT2D eigenvalue weighted by atomic mass is 9.80. The highest BCUT2D eigenvalue weighted by molar-refractivity contribution is 5.24. The summed E-state index contributed by atoms with van der Waals surface area (Å²) < 4.78 is 0. The van der Waals surface area contributed by atoms with Crippen molar-refractivity contribution in [2.45, 2.75) is 58.3 Å². The van der Waals surface area contributed by atoms with E-state index in [1.807, 2.05) is 0 Å². The average molecular weight is 260 g/mol. The zero-order valence-electron chi connectivity index (χ0n) is 12.3. The Labute approximate surface area is 118 Å². The summed E-state index contributed by atoms with van der Waals surface area (Å²) in [5, 5.41) is 9.38. The molecule has 0 aromatic rings. The van der Waals surface area contributed by atoms with Crippen LogP contribution in [0.3, 0.4) is 0 Å². The molecular formula is C18H28O. The normalized spacial score (nSPS) is 35.1. The maximum Gasteiger partial charge on any atom is 0.0459 e. The fourth-order valence-electron chi connectivity index (χ4n) is 3.36. The first-order valence-electron chi connectivity index (χ1n) is 7.92. The lowest BCUT2D eigenvalue weighted by molar-refractivity contribution is 0.191. The van der Waals surface area contributed by atoms with Crippen LogP contribution < -0.4 is 0 Å². The maximum atomic E-state index is 9.38. The molecule has 1 fully saturated rings. The molecule has 2 aliphatic carbocycles. The molecule has 1 nitrogen and oxygen atoms in total. The van der Waals surface area contributed by atoms with Crippen LogP contribution >= 0.6 is 0 Å². The van der Waals surface area contributed by atoms with Gasteiger partial charge in [0.05, 0.1) is 0 Å². The molecule has 2 unspecified atom stereocenters. The first-order chi connectivity index (χ1) is 9.29. The van der Waals surface area contributed by atoms with Crippen LogP contribution in [0, 0.1) is 11.8 Å². The Bertz CT molecular complexity index is 362. The second kappa shape index (κ2) is 7.69. The Morgan fingerprint density at radius 1 is 1.11 bits per heavy atom. The number of rotatable bonds is 2. The van der Waals surface area contributed by atoms with Crippen LogP contribution in [-0.2, 0) is 0 Å². The second-order valence-corrected chi connectivity index (χ2v) is 6.18. The van der Waals surface area contributed by atoms with Gasteiger partial charge < -0.3 is 5.11 Å². The molecule has 0 aromatic carbocycles. The molecular weight excluding hydrogens is 232 g/mol. The van der Waals surface area contributed by atoms with Crippen molar-refractivity contribution in [3.63, 3.8) is 0 Å². The van der Waals surface area contributed by atoms with Crippen LogP contribution in [-0.4, -0.2) is 11.7 Å². The minimum atomic E-state index is 0.383. The van der Waals surface area contributed by atoms with E-state index < -0.39 is 0 Å². The van der Waals surface area contributed by atoms with Gasteiger partial charge in [-0.05, 0) is 57.3 Å².